The van der Waals surface area contributed by atoms with Gasteiger partial charge in [0.05, 0.1) is 6.54 Å². The first-order valence-corrected chi connectivity index (χ1v) is 6.07. The number of unbranched alkanes of at least 4 members (excludes halogenated alkanes) is 1. The van der Waals surface area contributed by atoms with E-state index in [4.69, 9.17) is 6.42 Å². The molecule has 0 spiro atoms. The molecule has 2 nitrogen and oxygen atoms in total. The molecule has 0 rings (SSSR count). The van der Waals surface area contributed by atoms with E-state index in [0.29, 0.717) is 0 Å². The zero-order valence-corrected chi connectivity index (χ0v) is 10.6. The van der Waals surface area contributed by atoms with Crippen LogP contribution in [0.15, 0.2) is 0 Å². The van der Waals surface area contributed by atoms with Crippen LogP contribution in [0.1, 0.15) is 33.6 Å². The van der Waals surface area contributed by atoms with Crippen LogP contribution in [0, 0.1) is 18.3 Å². The Kier molecular flexibility index (Phi) is 9.67. The minimum Gasteiger partial charge on any atom is -0.316 e. The van der Waals surface area contributed by atoms with Crippen molar-refractivity contribution in [3.05, 3.63) is 0 Å². The van der Waals surface area contributed by atoms with Crippen LogP contribution < -0.4 is 5.32 Å². The van der Waals surface area contributed by atoms with Crippen LogP contribution in [-0.2, 0) is 0 Å². The van der Waals surface area contributed by atoms with Gasteiger partial charge in [0.15, 0.2) is 0 Å². The molecule has 0 unspecified atom stereocenters. The van der Waals surface area contributed by atoms with Crippen LogP contribution in [0.2, 0.25) is 0 Å². The van der Waals surface area contributed by atoms with Crippen LogP contribution in [-0.4, -0.2) is 37.6 Å². The lowest BCUT2D eigenvalue weighted by molar-refractivity contribution is 0.314. The fourth-order valence-corrected chi connectivity index (χ4v) is 1.45. The van der Waals surface area contributed by atoms with Crippen LogP contribution in [0.5, 0.6) is 0 Å². The second-order valence-corrected chi connectivity index (χ2v) is 4.38. The molecule has 0 aromatic rings. The number of hydrogen-bond donors (Lipinski definition) is 1. The summed E-state index contributed by atoms with van der Waals surface area (Å²) in [5.41, 5.74) is 0. The van der Waals surface area contributed by atoms with Crippen molar-refractivity contribution in [2.75, 3.05) is 32.7 Å². The lowest BCUT2D eigenvalue weighted by Gasteiger charge is -2.17. The van der Waals surface area contributed by atoms with Crippen LogP contribution in [0.4, 0.5) is 0 Å². The Morgan fingerprint density at radius 1 is 1.33 bits per heavy atom. The maximum Gasteiger partial charge on any atom is 0.0598 e. The predicted molar refractivity (Wildman–Crippen MR) is 67.9 cm³/mol. The van der Waals surface area contributed by atoms with Gasteiger partial charge in [0.2, 0.25) is 0 Å². The molecule has 0 aliphatic rings. The minimum atomic E-state index is 0.749. The Morgan fingerprint density at radius 3 is 2.60 bits per heavy atom. The monoisotopic (exact) mass is 210 g/mol. The Labute approximate surface area is 95.4 Å². The summed E-state index contributed by atoms with van der Waals surface area (Å²) in [5.74, 6) is 3.44. The fraction of sp³-hybridized carbons (Fsp3) is 0.846. The fourth-order valence-electron chi connectivity index (χ4n) is 1.45. The Balaban J connectivity index is 3.26. The molecule has 88 valence electrons. The molecular formula is C13H26N2. The van der Waals surface area contributed by atoms with Crippen molar-refractivity contribution in [3.63, 3.8) is 0 Å². The third kappa shape index (κ3) is 9.78. The lowest BCUT2D eigenvalue weighted by atomic mass is 10.2. The van der Waals surface area contributed by atoms with Crippen LogP contribution in [0.25, 0.3) is 0 Å². The molecule has 0 saturated carbocycles. The molecule has 0 aromatic heterocycles. The maximum absolute atomic E-state index is 5.29. The van der Waals surface area contributed by atoms with Gasteiger partial charge in [-0.05, 0) is 44.9 Å². The Morgan fingerprint density at radius 2 is 2.07 bits per heavy atom. The predicted octanol–water partition coefficient (Wildman–Crippen LogP) is 1.97. The first kappa shape index (κ1) is 14.5. The van der Waals surface area contributed by atoms with Gasteiger partial charge in [-0.25, -0.2) is 0 Å². The molecule has 0 aromatic carbocycles. The molecule has 0 atom stereocenters. The second-order valence-electron chi connectivity index (χ2n) is 4.38. The van der Waals surface area contributed by atoms with E-state index < -0.39 is 0 Å². The highest BCUT2D eigenvalue weighted by Gasteiger charge is 1.99. The largest absolute Gasteiger partial charge is 0.316 e. The SMILES string of the molecule is C#CCN(CC)CCCCNCC(C)C. The molecule has 0 heterocycles. The van der Waals surface area contributed by atoms with Gasteiger partial charge in [-0.3, -0.25) is 4.90 Å². The summed E-state index contributed by atoms with van der Waals surface area (Å²) >= 11 is 0. The summed E-state index contributed by atoms with van der Waals surface area (Å²) in [6.07, 6.45) is 7.77. The number of hydrogen-bond acceptors (Lipinski definition) is 2. The van der Waals surface area contributed by atoms with E-state index in [2.05, 4.69) is 36.9 Å². The van der Waals surface area contributed by atoms with Crippen molar-refractivity contribution < 1.29 is 0 Å². The number of rotatable bonds is 9. The van der Waals surface area contributed by atoms with E-state index in [1.807, 2.05) is 0 Å². The highest BCUT2D eigenvalue weighted by molar-refractivity contribution is 4.87. The first-order valence-electron chi connectivity index (χ1n) is 6.07. The van der Waals surface area contributed by atoms with Gasteiger partial charge in [-0.1, -0.05) is 26.7 Å². The Hall–Kier alpha value is -0.520. The molecule has 0 saturated heterocycles. The summed E-state index contributed by atoms with van der Waals surface area (Å²) in [6.45, 7) is 11.9. The van der Waals surface area contributed by atoms with Crippen LogP contribution in [0.3, 0.4) is 0 Å². The average Bonchev–Trinajstić information content (AvgIpc) is 2.21. The van der Waals surface area contributed by atoms with Gasteiger partial charge < -0.3 is 5.32 Å². The van der Waals surface area contributed by atoms with Gasteiger partial charge >= 0.3 is 0 Å². The zero-order chi connectivity index (χ0) is 11.5. The number of terminal acetylenes is 1. The third-order valence-electron chi connectivity index (χ3n) is 2.39. The van der Waals surface area contributed by atoms with Crippen LogP contribution >= 0.6 is 0 Å². The van der Waals surface area contributed by atoms with Gasteiger partial charge in [0.1, 0.15) is 0 Å². The third-order valence-corrected chi connectivity index (χ3v) is 2.39. The van der Waals surface area contributed by atoms with E-state index in [0.717, 1.165) is 38.6 Å². The molecule has 0 aliphatic heterocycles. The topological polar surface area (TPSA) is 15.3 Å². The summed E-state index contributed by atoms with van der Waals surface area (Å²) < 4.78 is 0. The Bertz CT molecular complexity index is 170. The standard InChI is InChI=1S/C13H26N2/c1-5-10-15(6-2)11-8-7-9-14-12-13(3)4/h1,13-14H,6-12H2,2-4H3. The molecule has 0 bridgehead atoms. The molecule has 1 N–H and O–H groups in total. The van der Waals surface area contributed by atoms with Crippen molar-refractivity contribution in [1.82, 2.24) is 10.2 Å². The van der Waals surface area contributed by atoms with Gasteiger partial charge in [0.25, 0.3) is 0 Å². The van der Waals surface area contributed by atoms with E-state index >= 15 is 0 Å². The van der Waals surface area contributed by atoms with Crippen molar-refractivity contribution in [1.29, 1.82) is 0 Å². The van der Waals surface area contributed by atoms with E-state index in [-0.39, 0.29) is 0 Å². The van der Waals surface area contributed by atoms with Gasteiger partial charge in [-0.2, -0.15) is 0 Å². The van der Waals surface area contributed by atoms with Crippen molar-refractivity contribution in [2.45, 2.75) is 33.6 Å². The number of nitrogens with one attached hydrogen (secondary N) is 1. The molecule has 0 amide bonds. The number of nitrogens with zero attached hydrogens (tertiary/aromatic N) is 1. The summed E-state index contributed by atoms with van der Waals surface area (Å²) in [7, 11) is 0. The van der Waals surface area contributed by atoms with Gasteiger partial charge in [-0.15, -0.1) is 6.42 Å². The quantitative estimate of drug-likeness (QED) is 0.462. The normalized spacial score (nSPS) is 10.9. The van der Waals surface area contributed by atoms with Crippen molar-refractivity contribution in [3.8, 4) is 12.3 Å². The first-order chi connectivity index (χ1) is 7.20. The summed E-state index contributed by atoms with van der Waals surface area (Å²) in [5, 5.41) is 3.45. The highest BCUT2D eigenvalue weighted by atomic mass is 15.1. The molecular weight excluding hydrogens is 184 g/mol. The highest BCUT2D eigenvalue weighted by Crippen LogP contribution is 1.94. The lowest BCUT2D eigenvalue weighted by Crippen LogP contribution is -2.26. The average molecular weight is 210 g/mol. The van der Waals surface area contributed by atoms with E-state index in [9.17, 15) is 0 Å². The molecule has 2 heteroatoms. The molecule has 0 radical (unpaired) electrons. The summed E-state index contributed by atoms with van der Waals surface area (Å²) in [4.78, 5) is 2.31. The molecule has 15 heavy (non-hydrogen) atoms. The smallest absolute Gasteiger partial charge is 0.0598 e. The molecule has 0 aliphatic carbocycles. The van der Waals surface area contributed by atoms with Crippen molar-refractivity contribution in [2.24, 2.45) is 5.92 Å². The zero-order valence-electron chi connectivity index (χ0n) is 10.6. The van der Waals surface area contributed by atoms with E-state index in [1.54, 1.807) is 0 Å². The second kappa shape index (κ2) is 10.0. The maximum atomic E-state index is 5.29. The molecule has 0 fully saturated rings. The minimum absolute atomic E-state index is 0.749. The van der Waals surface area contributed by atoms with E-state index in [1.165, 1.54) is 12.8 Å². The van der Waals surface area contributed by atoms with Crippen molar-refractivity contribution >= 4 is 0 Å². The summed E-state index contributed by atoms with van der Waals surface area (Å²) in [6, 6.07) is 0. The van der Waals surface area contributed by atoms with Gasteiger partial charge in [0, 0.05) is 0 Å².